The number of aromatic nitrogens is 1. The highest BCUT2D eigenvalue weighted by Gasteiger charge is 2.35. The number of aryl methyl sites for hydroxylation is 1. The molecule has 2 heterocycles. The van der Waals surface area contributed by atoms with E-state index >= 15 is 0 Å². The van der Waals surface area contributed by atoms with Crippen LogP contribution >= 0.6 is 11.3 Å². The average molecular weight is 471 g/mol. The molecule has 0 spiro atoms. The van der Waals surface area contributed by atoms with Crippen molar-refractivity contribution in [2.24, 2.45) is 0 Å². The van der Waals surface area contributed by atoms with Gasteiger partial charge in [0.05, 0.1) is 24.3 Å². The van der Waals surface area contributed by atoms with E-state index in [-0.39, 0.29) is 48.9 Å². The summed E-state index contributed by atoms with van der Waals surface area (Å²) in [6.07, 6.45) is 2.03. The van der Waals surface area contributed by atoms with Gasteiger partial charge < -0.3 is 19.9 Å². The molecule has 0 radical (unpaired) electrons. The van der Waals surface area contributed by atoms with E-state index in [1.165, 1.54) is 11.3 Å². The molecule has 0 bridgehead atoms. The van der Waals surface area contributed by atoms with Crippen LogP contribution in [-0.4, -0.2) is 70.4 Å². The van der Waals surface area contributed by atoms with Gasteiger partial charge in [0.15, 0.2) is 5.13 Å². The zero-order valence-electron chi connectivity index (χ0n) is 19.2. The summed E-state index contributed by atoms with van der Waals surface area (Å²) >= 11 is 1.28. The van der Waals surface area contributed by atoms with Crippen molar-refractivity contribution in [3.8, 4) is 0 Å². The van der Waals surface area contributed by atoms with Gasteiger partial charge >= 0.3 is 0 Å². The lowest BCUT2D eigenvalue weighted by Crippen LogP contribution is -2.48. The second-order valence-electron chi connectivity index (χ2n) is 8.90. The Hall–Kier alpha value is -2.78. The van der Waals surface area contributed by atoms with Crippen molar-refractivity contribution in [1.29, 1.82) is 0 Å². The molecule has 8 nitrogen and oxygen atoms in total. The van der Waals surface area contributed by atoms with E-state index < -0.39 is 0 Å². The summed E-state index contributed by atoms with van der Waals surface area (Å²) in [6.45, 7) is 6.94. The third kappa shape index (κ3) is 5.97. The van der Waals surface area contributed by atoms with Crippen molar-refractivity contribution < 1.29 is 19.1 Å². The molecule has 176 valence electrons. The minimum absolute atomic E-state index is 0.00362. The van der Waals surface area contributed by atoms with Crippen molar-refractivity contribution in [3.05, 3.63) is 46.5 Å². The molecule has 2 unspecified atom stereocenters. The number of ether oxygens (including phenoxy) is 1. The lowest BCUT2D eigenvalue weighted by Gasteiger charge is -2.35. The Morgan fingerprint density at radius 3 is 2.55 bits per heavy atom. The van der Waals surface area contributed by atoms with Crippen LogP contribution in [0.25, 0.3) is 0 Å². The highest BCUT2D eigenvalue weighted by molar-refractivity contribution is 7.13. The summed E-state index contributed by atoms with van der Waals surface area (Å²) in [5, 5.41) is 5.02. The van der Waals surface area contributed by atoms with Gasteiger partial charge in [-0.1, -0.05) is 18.2 Å². The highest BCUT2D eigenvalue weighted by Crippen LogP contribution is 2.29. The zero-order chi connectivity index (χ0) is 23.5. The molecule has 2 fully saturated rings. The largest absolute Gasteiger partial charge is 0.372 e. The number of amides is 3. The molecule has 3 amide bonds. The van der Waals surface area contributed by atoms with Gasteiger partial charge in [0.1, 0.15) is 6.54 Å². The van der Waals surface area contributed by atoms with Gasteiger partial charge in [0.25, 0.3) is 5.91 Å². The first-order chi connectivity index (χ1) is 15.8. The Balaban J connectivity index is 1.34. The molecule has 1 saturated heterocycles. The molecule has 2 atom stereocenters. The molecule has 1 N–H and O–H groups in total. The number of benzene rings is 1. The van der Waals surface area contributed by atoms with Crippen molar-refractivity contribution in [2.45, 2.75) is 58.3 Å². The van der Waals surface area contributed by atoms with Crippen LogP contribution in [0.5, 0.6) is 0 Å². The van der Waals surface area contributed by atoms with Crippen LogP contribution in [0.4, 0.5) is 5.13 Å². The van der Waals surface area contributed by atoms with Crippen LogP contribution < -0.4 is 5.32 Å². The first-order valence-corrected chi connectivity index (χ1v) is 12.2. The number of hydrogen-bond acceptors (Lipinski definition) is 6. The quantitative estimate of drug-likeness (QED) is 0.672. The summed E-state index contributed by atoms with van der Waals surface area (Å²) in [6, 6.07) is 7.53. The minimum Gasteiger partial charge on any atom is -0.372 e. The van der Waals surface area contributed by atoms with Crippen LogP contribution in [0.3, 0.4) is 0 Å². The first-order valence-electron chi connectivity index (χ1n) is 11.3. The molecule has 1 aromatic heterocycles. The van der Waals surface area contributed by atoms with Crippen molar-refractivity contribution in [3.63, 3.8) is 0 Å². The van der Waals surface area contributed by atoms with E-state index in [9.17, 15) is 14.4 Å². The van der Waals surface area contributed by atoms with Crippen molar-refractivity contribution in [2.75, 3.05) is 25.0 Å². The second-order valence-corrected chi connectivity index (χ2v) is 9.76. The molecule has 9 heteroatoms. The Morgan fingerprint density at radius 2 is 1.88 bits per heavy atom. The standard InChI is InChI=1S/C24H30N4O4S/c1-15-6-4-5-7-20(15)23(31)28(19-8-9-19)13-21(29)26-24-25-18(14-33-24)10-22(30)27-11-16(2)32-17(3)12-27/h4-7,14,16-17,19H,8-13H2,1-3H3,(H,25,26,29). The van der Waals surface area contributed by atoms with Gasteiger partial charge in [-0.2, -0.15) is 0 Å². The Bertz CT molecular complexity index is 1020. The van der Waals surface area contributed by atoms with Gasteiger partial charge in [0.2, 0.25) is 11.8 Å². The van der Waals surface area contributed by atoms with Crippen LogP contribution in [0, 0.1) is 6.92 Å². The van der Waals surface area contributed by atoms with Crippen molar-refractivity contribution in [1.82, 2.24) is 14.8 Å². The number of nitrogens with zero attached hydrogens (tertiary/aromatic N) is 3. The summed E-state index contributed by atoms with van der Waals surface area (Å²) in [7, 11) is 0. The van der Waals surface area contributed by atoms with Crippen LogP contribution in [0.2, 0.25) is 0 Å². The molecule has 1 aliphatic carbocycles. The van der Waals surface area contributed by atoms with Crippen LogP contribution in [-0.2, 0) is 20.7 Å². The summed E-state index contributed by atoms with van der Waals surface area (Å²) in [5.74, 6) is -0.402. The molecule has 2 aliphatic rings. The molecule has 2 aromatic rings. The Kier molecular flexibility index (Phi) is 7.09. The fourth-order valence-corrected chi connectivity index (χ4v) is 4.85. The van der Waals surface area contributed by atoms with Crippen LogP contribution in [0.15, 0.2) is 29.6 Å². The highest BCUT2D eigenvalue weighted by atomic mass is 32.1. The monoisotopic (exact) mass is 470 g/mol. The fraction of sp³-hybridized carbons (Fsp3) is 0.500. The topological polar surface area (TPSA) is 91.8 Å². The molecular formula is C24H30N4O4S. The number of anilines is 1. The maximum Gasteiger partial charge on any atom is 0.254 e. The number of rotatable bonds is 7. The van der Waals surface area contributed by atoms with Gasteiger partial charge in [-0.15, -0.1) is 11.3 Å². The normalized spacial score (nSPS) is 20.4. The zero-order valence-corrected chi connectivity index (χ0v) is 20.1. The van der Waals surface area contributed by atoms with E-state index in [0.717, 1.165) is 18.4 Å². The first kappa shape index (κ1) is 23.4. The predicted octanol–water partition coefficient (Wildman–Crippen LogP) is 2.87. The SMILES string of the molecule is Cc1ccccc1C(=O)N(CC(=O)Nc1nc(CC(=O)N2CC(C)OC(C)C2)cs1)C1CC1. The van der Waals surface area contributed by atoms with E-state index in [4.69, 9.17) is 4.74 Å². The van der Waals surface area contributed by atoms with E-state index in [1.54, 1.807) is 21.2 Å². The van der Waals surface area contributed by atoms with E-state index in [2.05, 4.69) is 10.3 Å². The maximum atomic E-state index is 13.0. The maximum absolute atomic E-state index is 13.0. The Morgan fingerprint density at radius 1 is 1.18 bits per heavy atom. The Labute approximate surface area is 197 Å². The fourth-order valence-electron chi connectivity index (χ4n) is 4.13. The van der Waals surface area contributed by atoms with Crippen LogP contribution in [0.1, 0.15) is 48.3 Å². The van der Waals surface area contributed by atoms with Gasteiger partial charge in [-0.05, 0) is 45.2 Å². The lowest BCUT2D eigenvalue weighted by atomic mass is 10.1. The number of thiazole rings is 1. The average Bonchev–Trinajstić information content (AvgIpc) is 3.51. The number of carbonyl (C=O) groups is 3. The lowest BCUT2D eigenvalue weighted by molar-refractivity contribution is -0.142. The molecular weight excluding hydrogens is 440 g/mol. The number of morpholine rings is 1. The second kappa shape index (κ2) is 10.0. The van der Waals surface area contributed by atoms with E-state index in [1.807, 2.05) is 39.0 Å². The summed E-state index contributed by atoms with van der Waals surface area (Å²) in [5.41, 5.74) is 2.15. The van der Waals surface area contributed by atoms with Gasteiger partial charge in [0, 0.05) is 30.1 Å². The third-order valence-electron chi connectivity index (χ3n) is 5.84. The third-order valence-corrected chi connectivity index (χ3v) is 6.65. The summed E-state index contributed by atoms with van der Waals surface area (Å²) in [4.78, 5) is 46.3. The summed E-state index contributed by atoms with van der Waals surface area (Å²) < 4.78 is 5.69. The van der Waals surface area contributed by atoms with E-state index in [0.29, 0.717) is 29.5 Å². The molecule has 4 rings (SSSR count). The number of carbonyl (C=O) groups excluding carboxylic acids is 3. The molecule has 1 saturated carbocycles. The van der Waals surface area contributed by atoms with Gasteiger partial charge in [-0.25, -0.2) is 4.98 Å². The van der Waals surface area contributed by atoms with Gasteiger partial charge in [-0.3, -0.25) is 14.4 Å². The number of hydrogen-bond donors (Lipinski definition) is 1. The minimum atomic E-state index is -0.285. The molecule has 1 aliphatic heterocycles. The van der Waals surface area contributed by atoms with Crippen molar-refractivity contribution >= 4 is 34.2 Å². The smallest absolute Gasteiger partial charge is 0.254 e. The number of nitrogens with one attached hydrogen (secondary N) is 1. The molecule has 33 heavy (non-hydrogen) atoms. The molecule has 1 aromatic carbocycles. The predicted molar refractivity (Wildman–Crippen MR) is 126 cm³/mol.